The second-order valence-electron chi connectivity index (χ2n) is 4.16. The molecule has 0 unspecified atom stereocenters. The van der Waals surface area contributed by atoms with Gasteiger partial charge in [0.15, 0.2) is 0 Å². The summed E-state index contributed by atoms with van der Waals surface area (Å²) in [6, 6.07) is 4.67. The summed E-state index contributed by atoms with van der Waals surface area (Å²) in [5.74, 6) is -0.881. The van der Waals surface area contributed by atoms with E-state index in [0.717, 1.165) is 0 Å². The molecule has 0 atom stereocenters. The first-order valence-corrected chi connectivity index (χ1v) is 7.66. The fourth-order valence-electron chi connectivity index (χ4n) is 1.55. The first-order chi connectivity index (χ1) is 8.83. The minimum Gasteiger partial charge on any atom is -0.481 e. The van der Waals surface area contributed by atoms with Crippen LogP contribution in [0.3, 0.4) is 0 Å². The maximum atomic E-state index is 12.0. The summed E-state index contributed by atoms with van der Waals surface area (Å²) >= 11 is 5.78. The summed E-state index contributed by atoms with van der Waals surface area (Å²) in [7, 11) is -3.60. The Morgan fingerprint density at radius 3 is 2.68 bits per heavy atom. The van der Waals surface area contributed by atoms with Crippen molar-refractivity contribution in [2.75, 3.05) is 6.54 Å². The van der Waals surface area contributed by atoms with E-state index in [-0.39, 0.29) is 17.9 Å². The van der Waals surface area contributed by atoms with Crippen LogP contribution in [0, 0.1) is 6.92 Å². The molecule has 0 aliphatic rings. The molecule has 0 fully saturated rings. The number of sulfonamides is 1. The fourth-order valence-corrected chi connectivity index (χ4v) is 3.13. The fraction of sp³-hybridized carbons (Fsp3) is 0.417. The Kier molecular flexibility index (Phi) is 5.78. The molecule has 0 aliphatic heterocycles. The number of hydrogen-bond donors (Lipinski definition) is 2. The quantitative estimate of drug-likeness (QED) is 0.756. The zero-order valence-electron chi connectivity index (χ0n) is 10.5. The highest BCUT2D eigenvalue weighted by Crippen LogP contribution is 2.19. The molecular formula is C12H16ClNO4S. The van der Waals surface area contributed by atoms with Crippen molar-refractivity contribution in [3.05, 3.63) is 28.8 Å². The highest BCUT2D eigenvalue weighted by molar-refractivity contribution is 7.89. The normalized spacial score (nSPS) is 11.5. The van der Waals surface area contributed by atoms with Crippen LogP contribution in [0.25, 0.3) is 0 Å². The van der Waals surface area contributed by atoms with Gasteiger partial charge in [-0.15, -0.1) is 0 Å². The Hall–Kier alpha value is -1.11. The maximum absolute atomic E-state index is 12.0. The van der Waals surface area contributed by atoms with Crippen LogP contribution in [0.15, 0.2) is 23.1 Å². The molecule has 0 amide bonds. The molecule has 1 aromatic carbocycles. The number of halogens is 1. The molecule has 2 N–H and O–H groups in total. The molecule has 7 heteroatoms. The third-order valence-corrected chi connectivity index (χ3v) is 4.39. The van der Waals surface area contributed by atoms with E-state index < -0.39 is 16.0 Å². The molecule has 5 nitrogen and oxygen atoms in total. The minimum absolute atomic E-state index is 0.0396. The zero-order chi connectivity index (χ0) is 14.5. The van der Waals surface area contributed by atoms with Crippen molar-refractivity contribution in [1.29, 1.82) is 0 Å². The van der Waals surface area contributed by atoms with Gasteiger partial charge in [-0.05, 0) is 37.5 Å². The number of rotatable bonds is 7. The standard InChI is InChI=1S/C12H16ClNO4S/c1-9-5-6-10(13)8-11(9)19(17,18)14-7-3-2-4-12(15)16/h5-6,8,14H,2-4,7H2,1H3,(H,15,16). The van der Waals surface area contributed by atoms with Gasteiger partial charge in [0, 0.05) is 18.0 Å². The summed E-state index contributed by atoms with van der Waals surface area (Å²) in [6.07, 6.45) is 0.954. The van der Waals surface area contributed by atoms with E-state index in [1.807, 2.05) is 0 Å². The van der Waals surface area contributed by atoms with E-state index in [2.05, 4.69) is 4.72 Å². The van der Waals surface area contributed by atoms with Crippen molar-refractivity contribution in [2.24, 2.45) is 0 Å². The lowest BCUT2D eigenvalue weighted by atomic mass is 10.2. The largest absolute Gasteiger partial charge is 0.481 e. The van der Waals surface area contributed by atoms with Gasteiger partial charge in [-0.2, -0.15) is 0 Å². The van der Waals surface area contributed by atoms with E-state index in [1.165, 1.54) is 6.07 Å². The Balaban J connectivity index is 2.61. The van der Waals surface area contributed by atoms with E-state index >= 15 is 0 Å². The molecule has 19 heavy (non-hydrogen) atoms. The van der Waals surface area contributed by atoms with Crippen LogP contribution in [0.4, 0.5) is 0 Å². The number of aryl methyl sites for hydroxylation is 1. The predicted octanol–water partition coefficient (Wildman–Crippen LogP) is 2.18. The molecule has 1 aromatic rings. The summed E-state index contributed by atoms with van der Waals surface area (Å²) in [5, 5.41) is 8.82. The first-order valence-electron chi connectivity index (χ1n) is 5.80. The topological polar surface area (TPSA) is 83.5 Å². The van der Waals surface area contributed by atoms with Gasteiger partial charge in [-0.25, -0.2) is 13.1 Å². The van der Waals surface area contributed by atoms with Crippen LogP contribution in [0.1, 0.15) is 24.8 Å². The van der Waals surface area contributed by atoms with Gasteiger partial charge in [0.2, 0.25) is 10.0 Å². The maximum Gasteiger partial charge on any atom is 0.303 e. The number of carboxylic acid groups (broad SMARTS) is 1. The lowest BCUT2D eigenvalue weighted by Crippen LogP contribution is -2.25. The van der Waals surface area contributed by atoms with Gasteiger partial charge < -0.3 is 5.11 Å². The van der Waals surface area contributed by atoms with Gasteiger partial charge in [-0.1, -0.05) is 17.7 Å². The van der Waals surface area contributed by atoms with Gasteiger partial charge in [-0.3, -0.25) is 4.79 Å². The van der Waals surface area contributed by atoms with E-state index in [1.54, 1.807) is 19.1 Å². The lowest BCUT2D eigenvalue weighted by Gasteiger charge is -2.09. The van der Waals surface area contributed by atoms with E-state index in [0.29, 0.717) is 23.4 Å². The second-order valence-corrected chi connectivity index (χ2v) is 6.33. The molecule has 0 aromatic heterocycles. The average Bonchev–Trinajstić information content (AvgIpc) is 2.31. The number of carbonyl (C=O) groups is 1. The average molecular weight is 306 g/mol. The number of benzene rings is 1. The van der Waals surface area contributed by atoms with Gasteiger partial charge in [0.25, 0.3) is 0 Å². The van der Waals surface area contributed by atoms with Crippen LogP contribution in [0.2, 0.25) is 5.02 Å². The molecule has 0 heterocycles. The van der Waals surface area contributed by atoms with Crippen molar-refractivity contribution >= 4 is 27.6 Å². The molecule has 106 valence electrons. The van der Waals surface area contributed by atoms with Gasteiger partial charge >= 0.3 is 5.97 Å². The van der Waals surface area contributed by atoms with Crippen molar-refractivity contribution in [2.45, 2.75) is 31.1 Å². The van der Waals surface area contributed by atoms with Crippen LogP contribution >= 0.6 is 11.6 Å². The Bertz CT molecular complexity index is 557. The van der Waals surface area contributed by atoms with E-state index in [9.17, 15) is 13.2 Å². The lowest BCUT2D eigenvalue weighted by molar-refractivity contribution is -0.137. The molecule has 0 saturated heterocycles. The third-order valence-electron chi connectivity index (χ3n) is 2.55. The number of nitrogens with one attached hydrogen (secondary N) is 1. The van der Waals surface area contributed by atoms with Crippen LogP contribution in [-0.4, -0.2) is 26.0 Å². The van der Waals surface area contributed by atoms with Crippen molar-refractivity contribution < 1.29 is 18.3 Å². The number of aliphatic carboxylic acids is 1. The highest BCUT2D eigenvalue weighted by Gasteiger charge is 2.16. The van der Waals surface area contributed by atoms with Crippen LogP contribution in [-0.2, 0) is 14.8 Å². The van der Waals surface area contributed by atoms with E-state index in [4.69, 9.17) is 16.7 Å². The van der Waals surface area contributed by atoms with Crippen molar-refractivity contribution in [1.82, 2.24) is 4.72 Å². The molecule has 0 aliphatic carbocycles. The molecule has 0 spiro atoms. The third kappa shape index (κ3) is 5.18. The van der Waals surface area contributed by atoms with Gasteiger partial charge in [0.05, 0.1) is 4.90 Å². The molecule has 0 saturated carbocycles. The van der Waals surface area contributed by atoms with Crippen LogP contribution in [0.5, 0.6) is 0 Å². The van der Waals surface area contributed by atoms with Gasteiger partial charge in [0.1, 0.15) is 0 Å². The summed E-state index contributed by atoms with van der Waals surface area (Å²) in [5.41, 5.74) is 0.613. The Morgan fingerprint density at radius 2 is 2.05 bits per heavy atom. The summed E-state index contributed by atoms with van der Waals surface area (Å²) in [4.78, 5) is 10.5. The molecule has 0 bridgehead atoms. The number of carboxylic acids is 1. The SMILES string of the molecule is Cc1ccc(Cl)cc1S(=O)(=O)NCCCCC(=O)O. The number of hydrogen-bond acceptors (Lipinski definition) is 3. The number of unbranched alkanes of at least 4 members (excludes halogenated alkanes) is 1. The highest BCUT2D eigenvalue weighted by atomic mass is 35.5. The molecule has 0 radical (unpaired) electrons. The van der Waals surface area contributed by atoms with Crippen molar-refractivity contribution in [3.8, 4) is 0 Å². The second kappa shape index (κ2) is 6.88. The monoisotopic (exact) mass is 305 g/mol. The smallest absolute Gasteiger partial charge is 0.303 e. The zero-order valence-corrected chi connectivity index (χ0v) is 12.1. The first kappa shape index (κ1) is 15.9. The summed E-state index contributed by atoms with van der Waals surface area (Å²) in [6.45, 7) is 1.90. The predicted molar refractivity (Wildman–Crippen MR) is 72.9 cm³/mol. The Morgan fingerprint density at radius 1 is 1.37 bits per heavy atom. The molecule has 1 rings (SSSR count). The Labute approximate surface area is 117 Å². The molecular weight excluding hydrogens is 290 g/mol. The van der Waals surface area contributed by atoms with Crippen molar-refractivity contribution in [3.63, 3.8) is 0 Å². The van der Waals surface area contributed by atoms with Crippen LogP contribution < -0.4 is 4.72 Å². The summed E-state index contributed by atoms with van der Waals surface area (Å²) < 4.78 is 26.5. The minimum atomic E-state index is -3.60.